The summed E-state index contributed by atoms with van der Waals surface area (Å²) in [6.45, 7) is 4.21. The SMILES string of the molecule is CC(C)[C@H](NC(=O)NC[C@H]1CC[C@H](O)C1)c1ccc(F)cc1F. The molecule has 0 radical (unpaired) electrons. The molecule has 3 atom stereocenters. The second kappa shape index (κ2) is 7.73. The van der Waals surface area contributed by atoms with Crippen LogP contribution in [-0.4, -0.2) is 23.8 Å². The predicted octanol–water partition coefficient (Wildman–Crippen LogP) is 3.12. The molecule has 0 spiro atoms. The Bertz CT molecular complexity index is 551. The number of hydrogen-bond donors (Lipinski definition) is 3. The van der Waals surface area contributed by atoms with Crippen LogP contribution in [0, 0.1) is 23.5 Å². The second-order valence-electron chi connectivity index (χ2n) is 6.57. The monoisotopic (exact) mass is 326 g/mol. The third kappa shape index (κ3) is 4.89. The number of aliphatic hydroxyl groups is 1. The number of rotatable bonds is 5. The molecule has 1 aliphatic carbocycles. The molecule has 0 bridgehead atoms. The molecule has 0 saturated heterocycles. The van der Waals surface area contributed by atoms with E-state index < -0.39 is 17.7 Å². The minimum absolute atomic E-state index is 0.0472. The maximum Gasteiger partial charge on any atom is 0.315 e. The van der Waals surface area contributed by atoms with Crippen molar-refractivity contribution in [2.75, 3.05) is 6.54 Å². The van der Waals surface area contributed by atoms with Crippen LogP contribution in [0.3, 0.4) is 0 Å². The van der Waals surface area contributed by atoms with E-state index in [0.29, 0.717) is 13.0 Å². The van der Waals surface area contributed by atoms with Gasteiger partial charge in [-0.1, -0.05) is 19.9 Å². The molecule has 2 rings (SSSR count). The molecule has 1 saturated carbocycles. The Hall–Kier alpha value is -1.69. The van der Waals surface area contributed by atoms with Gasteiger partial charge < -0.3 is 15.7 Å². The van der Waals surface area contributed by atoms with Crippen LogP contribution in [0.25, 0.3) is 0 Å². The molecular formula is C17H24F2N2O2. The lowest BCUT2D eigenvalue weighted by atomic mass is 9.95. The van der Waals surface area contributed by atoms with E-state index in [9.17, 15) is 18.7 Å². The van der Waals surface area contributed by atoms with E-state index in [1.54, 1.807) is 0 Å². The van der Waals surface area contributed by atoms with Crippen LogP contribution < -0.4 is 10.6 Å². The number of carbonyl (C=O) groups is 1. The Morgan fingerprint density at radius 3 is 2.65 bits per heavy atom. The van der Waals surface area contributed by atoms with Gasteiger partial charge in [0.2, 0.25) is 0 Å². The first-order valence-corrected chi connectivity index (χ1v) is 8.04. The normalized spacial score (nSPS) is 22.2. The molecule has 23 heavy (non-hydrogen) atoms. The second-order valence-corrected chi connectivity index (χ2v) is 6.57. The maximum absolute atomic E-state index is 13.9. The highest BCUT2D eigenvalue weighted by Crippen LogP contribution is 2.26. The average Bonchev–Trinajstić information content (AvgIpc) is 2.89. The van der Waals surface area contributed by atoms with Crippen molar-refractivity contribution in [2.45, 2.75) is 45.3 Å². The summed E-state index contributed by atoms with van der Waals surface area (Å²) in [4.78, 5) is 12.1. The zero-order valence-corrected chi connectivity index (χ0v) is 13.5. The van der Waals surface area contributed by atoms with E-state index in [1.807, 2.05) is 13.8 Å². The van der Waals surface area contributed by atoms with Crippen LogP contribution in [0.15, 0.2) is 18.2 Å². The first-order chi connectivity index (χ1) is 10.9. The summed E-state index contributed by atoms with van der Waals surface area (Å²) in [6.07, 6.45) is 2.08. The number of aliphatic hydroxyl groups excluding tert-OH is 1. The zero-order valence-electron chi connectivity index (χ0n) is 13.5. The standard InChI is InChI=1S/C17H24F2N2O2/c1-10(2)16(14-6-4-12(18)8-15(14)19)21-17(23)20-9-11-3-5-13(22)7-11/h4,6,8,10-11,13,16,22H,3,5,7,9H2,1-2H3,(H2,20,21,23)/t11-,13-,16-/m0/s1. The number of nitrogens with one attached hydrogen (secondary N) is 2. The molecule has 6 heteroatoms. The van der Waals surface area contributed by atoms with E-state index in [-0.39, 0.29) is 29.5 Å². The lowest BCUT2D eigenvalue weighted by Crippen LogP contribution is -2.41. The van der Waals surface area contributed by atoms with Gasteiger partial charge in [0.15, 0.2) is 0 Å². The Morgan fingerprint density at radius 1 is 1.35 bits per heavy atom. The smallest absolute Gasteiger partial charge is 0.315 e. The largest absolute Gasteiger partial charge is 0.393 e. The summed E-state index contributed by atoms with van der Waals surface area (Å²) in [5.74, 6) is -1.08. The molecule has 0 unspecified atom stereocenters. The molecule has 0 heterocycles. The Balaban J connectivity index is 1.94. The molecule has 4 nitrogen and oxygen atoms in total. The van der Waals surface area contributed by atoms with Gasteiger partial charge >= 0.3 is 6.03 Å². The fraction of sp³-hybridized carbons (Fsp3) is 0.588. The lowest BCUT2D eigenvalue weighted by molar-refractivity contribution is 0.177. The van der Waals surface area contributed by atoms with Crippen molar-refractivity contribution in [1.29, 1.82) is 0 Å². The van der Waals surface area contributed by atoms with Gasteiger partial charge in [-0.05, 0) is 37.2 Å². The first-order valence-electron chi connectivity index (χ1n) is 8.04. The van der Waals surface area contributed by atoms with Crippen LogP contribution in [-0.2, 0) is 0 Å². The van der Waals surface area contributed by atoms with Gasteiger partial charge in [0.05, 0.1) is 12.1 Å². The summed E-state index contributed by atoms with van der Waals surface area (Å²) in [7, 11) is 0. The Kier molecular flexibility index (Phi) is 5.93. The number of carbonyl (C=O) groups excluding carboxylic acids is 1. The number of halogens is 2. The molecule has 2 amide bonds. The maximum atomic E-state index is 13.9. The van der Waals surface area contributed by atoms with E-state index in [4.69, 9.17) is 0 Å². The fourth-order valence-corrected chi connectivity index (χ4v) is 3.02. The summed E-state index contributed by atoms with van der Waals surface area (Å²) in [6, 6.07) is 2.46. The lowest BCUT2D eigenvalue weighted by Gasteiger charge is -2.24. The number of urea groups is 1. The van der Waals surface area contributed by atoms with Crippen molar-refractivity contribution < 1.29 is 18.7 Å². The van der Waals surface area contributed by atoms with Crippen molar-refractivity contribution in [1.82, 2.24) is 10.6 Å². The summed E-state index contributed by atoms with van der Waals surface area (Å²) in [5.41, 5.74) is 0.271. The molecule has 0 aromatic heterocycles. The number of benzene rings is 1. The molecule has 128 valence electrons. The minimum Gasteiger partial charge on any atom is -0.393 e. The van der Waals surface area contributed by atoms with E-state index in [1.165, 1.54) is 12.1 Å². The van der Waals surface area contributed by atoms with Crippen molar-refractivity contribution in [3.05, 3.63) is 35.4 Å². The topological polar surface area (TPSA) is 61.4 Å². The Labute approximate surface area is 135 Å². The predicted molar refractivity (Wildman–Crippen MR) is 83.8 cm³/mol. The van der Waals surface area contributed by atoms with Crippen LogP contribution in [0.2, 0.25) is 0 Å². The molecule has 1 aromatic carbocycles. The number of amides is 2. The molecular weight excluding hydrogens is 302 g/mol. The molecule has 1 fully saturated rings. The summed E-state index contributed by atoms with van der Waals surface area (Å²) >= 11 is 0. The van der Waals surface area contributed by atoms with Gasteiger partial charge in [-0.25, -0.2) is 13.6 Å². The van der Waals surface area contributed by atoms with Crippen LogP contribution in [0.1, 0.15) is 44.7 Å². The zero-order chi connectivity index (χ0) is 17.0. The highest BCUT2D eigenvalue weighted by atomic mass is 19.1. The van der Waals surface area contributed by atoms with Crippen molar-refractivity contribution in [3.63, 3.8) is 0 Å². The third-order valence-electron chi connectivity index (χ3n) is 4.32. The highest BCUT2D eigenvalue weighted by Gasteiger charge is 2.25. The molecule has 3 N–H and O–H groups in total. The average molecular weight is 326 g/mol. The highest BCUT2D eigenvalue weighted by molar-refractivity contribution is 5.74. The quantitative estimate of drug-likeness (QED) is 0.778. The Morgan fingerprint density at radius 2 is 2.09 bits per heavy atom. The van der Waals surface area contributed by atoms with Crippen molar-refractivity contribution in [3.8, 4) is 0 Å². The van der Waals surface area contributed by atoms with Crippen molar-refractivity contribution >= 4 is 6.03 Å². The van der Waals surface area contributed by atoms with Crippen LogP contribution in [0.4, 0.5) is 13.6 Å². The van der Waals surface area contributed by atoms with Gasteiger partial charge in [-0.3, -0.25) is 0 Å². The van der Waals surface area contributed by atoms with E-state index >= 15 is 0 Å². The van der Waals surface area contributed by atoms with Crippen LogP contribution in [0.5, 0.6) is 0 Å². The van der Waals surface area contributed by atoms with Gasteiger partial charge in [-0.15, -0.1) is 0 Å². The fourth-order valence-electron chi connectivity index (χ4n) is 3.02. The van der Waals surface area contributed by atoms with Gasteiger partial charge in [0, 0.05) is 18.2 Å². The van der Waals surface area contributed by atoms with Gasteiger partial charge in [0.1, 0.15) is 11.6 Å². The van der Waals surface area contributed by atoms with E-state index in [2.05, 4.69) is 10.6 Å². The number of hydrogen-bond acceptors (Lipinski definition) is 2. The van der Waals surface area contributed by atoms with Crippen LogP contribution >= 0.6 is 0 Å². The summed E-state index contributed by atoms with van der Waals surface area (Å²) < 4.78 is 27.0. The molecule has 1 aromatic rings. The van der Waals surface area contributed by atoms with E-state index in [0.717, 1.165) is 18.9 Å². The first kappa shape index (κ1) is 17.7. The molecule has 1 aliphatic rings. The van der Waals surface area contributed by atoms with Gasteiger partial charge in [0.25, 0.3) is 0 Å². The third-order valence-corrected chi connectivity index (χ3v) is 4.32. The van der Waals surface area contributed by atoms with Crippen molar-refractivity contribution in [2.24, 2.45) is 11.8 Å². The molecule has 0 aliphatic heterocycles. The summed E-state index contributed by atoms with van der Waals surface area (Å²) in [5, 5.41) is 15.0. The van der Waals surface area contributed by atoms with Gasteiger partial charge in [-0.2, -0.15) is 0 Å². The minimum atomic E-state index is -0.664.